The number of carbonyl (C=O) groups excluding carboxylic acids is 1. The molecule has 0 saturated carbocycles. The van der Waals surface area contributed by atoms with E-state index >= 15 is 0 Å². The molecule has 1 unspecified atom stereocenters. The first-order valence-corrected chi connectivity index (χ1v) is 9.42. The summed E-state index contributed by atoms with van der Waals surface area (Å²) in [5.74, 6) is 1.05. The van der Waals surface area contributed by atoms with E-state index in [1.165, 1.54) is 0 Å². The zero-order valence-electron chi connectivity index (χ0n) is 15.9. The van der Waals surface area contributed by atoms with Crippen LogP contribution in [0.15, 0.2) is 18.5 Å². The van der Waals surface area contributed by atoms with E-state index in [-0.39, 0.29) is 17.8 Å². The predicted molar refractivity (Wildman–Crippen MR) is 101 cm³/mol. The van der Waals surface area contributed by atoms with Crippen molar-refractivity contribution in [1.82, 2.24) is 24.6 Å². The Morgan fingerprint density at radius 1 is 1.42 bits per heavy atom. The van der Waals surface area contributed by atoms with Crippen molar-refractivity contribution in [2.45, 2.75) is 52.5 Å². The highest BCUT2D eigenvalue weighted by molar-refractivity contribution is 5.95. The monoisotopic (exact) mass is 356 g/mol. The van der Waals surface area contributed by atoms with Crippen molar-refractivity contribution in [2.24, 2.45) is 5.92 Å². The Morgan fingerprint density at radius 2 is 2.23 bits per heavy atom. The van der Waals surface area contributed by atoms with Gasteiger partial charge in [-0.05, 0) is 31.2 Å². The van der Waals surface area contributed by atoms with Gasteiger partial charge in [0.25, 0.3) is 5.91 Å². The second-order valence-electron chi connectivity index (χ2n) is 7.36. The van der Waals surface area contributed by atoms with Gasteiger partial charge in [0.1, 0.15) is 0 Å². The summed E-state index contributed by atoms with van der Waals surface area (Å²) in [4.78, 5) is 23.4. The molecule has 7 nitrogen and oxygen atoms in total. The number of nitrogens with two attached hydrogens (primary N) is 1. The Balaban J connectivity index is 1.78. The number of hydrogen-bond donors (Lipinski definition) is 1. The van der Waals surface area contributed by atoms with E-state index in [0.29, 0.717) is 12.5 Å². The first-order valence-electron chi connectivity index (χ1n) is 9.42. The maximum atomic E-state index is 13.1. The number of carbonyl (C=O) groups is 1. The fourth-order valence-electron chi connectivity index (χ4n) is 3.65. The minimum atomic E-state index is 0.0728. The van der Waals surface area contributed by atoms with Gasteiger partial charge in [0.05, 0.1) is 23.1 Å². The van der Waals surface area contributed by atoms with Crippen molar-refractivity contribution in [2.75, 3.05) is 18.8 Å². The van der Waals surface area contributed by atoms with Crippen LogP contribution in [0.2, 0.25) is 0 Å². The number of nitrogens with zero attached hydrogens (tertiary/aromatic N) is 5. The van der Waals surface area contributed by atoms with Crippen LogP contribution in [0.3, 0.4) is 0 Å². The Hall–Kier alpha value is -2.44. The lowest BCUT2D eigenvalue weighted by Crippen LogP contribution is -2.39. The molecule has 1 saturated heterocycles. The lowest BCUT2D eigenvalue weighted by molar-refractivity contribution is 0.0704. The van der Waals surface area contributed by atoms with Crippen molar-refractivity contribution in [3.8, 4) is 0 Å². The number of aromatic nitrogens is 4. The molecule has 26 heavy (non-hydrogen) atoms. The minimum absolute atomic E-state index is 0.0728. The predicted octanol–water partition coefficient (Wildman–Crippen LogP) is 2.49. The molecule has 1 atom stereocenters. The lowest BCUT2D eigenvalue weighted by atomic mass is 9.94. The molecular formula is C19H28N6O. The van der Waals surface area contributed by atoms with Crippen molar-refractivity contribution in [1.29, 1.82) is 0 Å². The first-order chi connectivity index (χ1) is 12.5. The smallest absolute Gasteiger partial charge is 0.257 e. The van der Waals surface area contributed by atoms with Gasteiger partial charge in [-0.3, -0.25) is 9.48 Å². The minimum Gasteiger partial charge on any atom is -0.368 e. The van der Waals surface area contributed by atoms with Crippen LogP contribution in [-0.2, 0) is 13.0 Å². The Morgan fingerprint density at radius 3 is 2.92 bits per heavy atom. The van der Waals surface area contributed by atoms with Crippen LogP contribution >= 0.6 is 0 Å². The van der Waals surface area contributed by atoms with Gasteiger partial charge in [-0.25, -0.2) is 9.97 Å². The van der Waals surface area contributed by atoms with Crippen LogP contribution in [-0.4, -0.2) is 43.6 Å². The van der Waals surface area contributed by atoms with E-state index < -0.39 is 0 Å². The molecule has 140 valence electrons. The van der Waals surface area contributed by atoms with Gasteiger partial charge in [0.2, 0.25) is 5.95 Å². The first kappa shape index (κ1) is 18.4. The van der Waals surface area contributed by atoms with E-state index in [9.17, 15) is 4.79 Å². The van der Waals surface area contributed by atoms with Crippen LogP contribution in [0.5, 0.6) is 0 Å². The number of piperidine rings is 1. The van der Waals surface area contributed by atoms with Crippen LogP contribution in [0, 0.1) is 5.92 Å². The number of likely N-dealkylation sites (tertiary alicyclic amines) is 1. The van der Waals surface area contributed by atoms with Gasteiger partial charge >= 0.3 is 0 Å². The van der Waals surface area contributed by atoms with Gasteiger partial charge in [-0.15, -0.1) is 0 Å². The molecule has 2 N–H and O–H groups in total. The molecule has 7 heteroatoms. The molecule has 1 aliphatic heterocycles. The molecule has 2 aromatic heterocycles. The molecule has 0 aromatic carbocycles. The molecule has 1 fully saturated rings. The molecule has 0 spiro atoms. The topological polar surface area (TPSA) is 89.9 Å². The van der Waals surface area contributed by atoms with Gasteiger partial charge in [-0.2, -0.15) is 5.10 Å². The number of anilines is 1. The summed E-state index contributed by atoms with van der Waals surface area (Å²) in [6, 6.07) is 1.90. The summed E-state index contributed by atoms with van der Waals surface area (Å²) in [6.07, 6.45) is 6.18. The molecular weight excluding hydrogens is 328 g/mol. The third-order valence-corrected chi connectivity index (χ3v) is 4.87. The Kier molecular flexibility index (Phi) is 5.54. The maximum Gasteiger partial charge on any atom is 0.257 e. The molecule has 1 aliphatic rings. The fraction of sp³-hybridized carbons (Fsp3) is 0.579. The summed E-state index contributed by atoms with van der Waals surface area (Å²) >= 11 is 0. The summed E-state index contributed by atoms with van der Waals surface area (Å²) in [5.41, 5.74) is 8.39. The highest BCUT2D eigenvalue weighted by Crippen LogP contribution is 2.27. The van der Waals surface area contributed by atoms with Gasteiger partial charge in [0.15, 0.2) is 0 Å². The normalized spacial score (nSPS) is 17.7. The van der Waals surface area contributed by atoms with E-state index in [1.807, 2.05) is 15.6 Å². The quantitative estimate of drug-likeness (QED) is 0.889. The molecule has 0 aliphatic carbocycles. The summed E-state index contributed by atoms with van der Waals surface area (Å²) in [7, 11) is 0. The lowest BCUT2D eigenvalue weighted by Gasteiger charge is -2.32. The van der Waals surface area contributed by atoms with Gasteiger partial charge < -0.3 is 10.6 Å². The summed E-state index contributed by atoms with van der Waals surface area (Å²) < 4.78 is 1.98. The Labute approximate surface area is 154 Å². The van der Waals surface area contributed by atoms with E-state index in [0.717, 1.165) is 49.3 Å². The van der Waals surface area contributed by atoms with Crippen molar-refractivity contribution >= 4 is 11.9 Å². The second-order valence-corrected chi connectivity index (χ2v) is 7.36. The third-order valence-electron chi connectivity index (χ3n) is 4.87. The molecule has 3 heterocycles. The molecule has 0 bridgehead atoms. The average Bonchev–Trinajstić information content (AvgIpc) is 3.03. The molecule has 1 amide bonds. The summed E-state index contributed by atoms with van der Waals surface area (Å²) in [6.45, 7) is 8.66. The molecule has 0 radical (unpaired) electrons. The van der Waals surface area contributed by atoms with Crippen LogP contribution < -0.4 is 5.73 Å². The Bertz CT molecular complexity index is 769. The zero-order chi connectivity index (χ0) is 18.7. The standard InChI is InChI=1S/C19H28N6O/c1-4-17-15(10-22-25(17)11-13(2)3)18(26)24-9-5-6-14(12-24)16-7-8-21-19(20)23-16/h7-8,10,13-14H,4-6,9,11-12H2,1-3H3,(H2,20,21,23). The number of hydrogen-bond acceptors (Lipinski definition) is 5. The summed E-state index contributed by atoms with van der Waals surface area (Å²) in [5, 5.41) is 4.46. The van der Waals surface area contributed by atoms with E-state index in [1.54, 1.807) is 12.4 Å². The second kappa shape index (κ2) is 7.85. The number of rotatable bonds is 5. The van der Waals surface area contributed by atoms with Gasteiger partial charge in [0, 0.05) is 31.7 Å². The van der Waals surface area contributed by atoms with Crippen molar-refractivity contribution in [3.63, 3.8) is 0 Å². The third kappa shape index (κ3) is 3.86. The average molecular weight is 356 g/mol. The van der Waals surface area contributed by atoms with Crippen molar-refractivity contribution < 1.29 is 4.79 Å². The van der Waals surface area contributed by atoms with E-state index in [2.05, 4.69) is 35.8 Å². The zero-order valence-corrected chi connectivity index (χ0v) is 15.9. The van der Waals surface area contributed by atoms with Crippen molar-refractivity contribution in [3.05, 3.63) is 35.4 Å². The highest BCUT2D eigenvalue weighted by atomic mass is 16.2. The van der Waals surface area contributed by atoms with Crippen LogP contribution in [0.1, 0.15) is 61.3 Å². The molecule has 2 aromatic rings. The fourth-order valence-corrected chi connectivity index (χ4v) is 3.65. The highest BCUT2D eigenvalue weighted by Gasteiger charge is 2.28. The molecule has 3 rings (SSSR count). The number of amides is 1. The maximum absolute atomic E-state index is 13.1. The largest absolute Gasteiger partial charge is 0.368 e. The van der Waals surface area contributed by atoms with Crippen LogP contribution in [0.25, 0.3) is 0 Å². The van der Waals surface area contributed by atoms with Gasteiger partial charge in [-0.1, -0.05) is 20.8 Å². The SMILES string of the molecule is CCc1c(C(=O)N2CCCC(c3ccnc(N)n3)C2)cnn1CC(C)C. The van der Waals surface area contributed by atoms with E-state index in [4.69, 9.17) is 5.73 Å². The number of nitrogen functional groups attached to an aromatic ring is 1. The van der Waals surface area contributed by atoms with Crippen LogP contribution in [0.4, 0.5) is 5.95 Å².